The van der Waals surface area contributed by atoms with Crippen LogP contribution >= 0.6 is 15.9 Å². The maximum absolute atomic E-state index is 12.5. The van der Waals surface area contributed by atoms with Gasteiger partial charge in [-0.15, -0.1) is 0 Å². The predicted molar refractivity (Wildman–Crippen MR) is 116 cm³/mol. The fraction of sp³-hybridized carbons (Fsp3) is 0.130. The number of methoxy groups -OCH3 is 1. The number of amides is 1. The number of carbonyl (C=O) groups excluding carboxylic acids is 2. The number of carbonyl (C=O) groups is 2. The predicted octanol–water partition coefficient (Wildman–Crippen LogP) is 5.11. The van der Waals surface area contributed by atoms with E-state index in [1.165, 1.54) is 12.7 Å². The highest BCUT2D eigenvalue weighted by atomic mass is 79.9. The van der Waals surface area contributed by atoms with Crippen molar-refractivity contribution < 1.29 is 19.1 Å². The average Bonchev–Trinajstić information content (AvgIpc) is 2.75. The molecule has 148 valence electrons. The van der Waals surface area contributed by atoms with Gasteiger partial charge in [0.05, 0.1) is 23.8 Å². The summed E-state index contributed by atoms with van der Waals surface area (Å²) in [5, 5.41) is 2.80. The first kappa shape index (κ1) is 20.6. The van der Waals surface area contributed by atoms with Crippen LogP contribution in [0.15, 0.2) is 77.3 Å². The Kier molecular flexibility index (Phi) is 7.03. The number of benzene rings is 3. The lowest BCUT2D eigenvalue weighted by atomic mass is 10.1. The number of rotatable bonds is 7. The Bertz CT molecular complexity index is 988. The molecule has 5 nitrogen and oxygen atoms in total. The molecule has 0 spiro atoms. The van der Waals surface area contributed by atoms with Gasteiger partial charge in [-0.2, -0.15) is 0 Å². The molecule has 1 amide bonds. The monoisotopic (exact) mass is 453 g/mol. The molecule has 0 fully saturated rings. The maximum atomic E-state index is 12.5. The van der Waals surface area contributed by atoms with Gasteiger partial charge < -0.3 is 14.8 Å². The summed E-state index contributed by atoms with van der Waals surface area (Å²) in [6.07, 6.45) is 0.803. The molecule has 0 heterocycles. The molecule has 1 N–H and O–H groups in total. The minimum Gasteiger partial charge on any atom is -0.492 e. The van der Waals surface area contributed by atoms with Crippen molar-refractivity contribution in [3.8, 4) is 5.75 Å². The van der Waals surface area contributed by atoms with Crippen molar-refractivity contribution in [1.82, 2.24) is 0 Å². The van der Waals surface area contributed by atoms with Crippen molar-refractivity contribution in [2.75, 3.05) is 19.0 Å². The number of anilines is 1. The third kappa shape index (κ3) is 5.68. The van der Waals surface area contributed by atoms with Crippen LogP contribution in [0.4, 0.5) is 5.69 Å². The van der Waals surface area contributed by atoms with E-state index in [0.717, 1.165) is 6.42 Å². The maximum Gasteiger partial charge on any atom is 0.337 e. The molecule has 3 rings (SSSR count). The molecule has 0 bridgehead atoms. The topological polar surface area (TPSA) is 64.6 Å². The smallest absolute Gasteiger partial charge is 0.337 e. The molecule has 6 heteroatoms. The van der Waals surface area contributed by atoms with E-state index >= 15 is 0 Å². The van der Waals surface area contributed by atoms with Crippen molar-refractivity contribution in [3.63, 3.8) is 0 Å². The van der Waals surface area contributed by atoms with E-state index in [2.05, 4.69) is 38.1 Å². The molecule has 3 aromatic rings. The van der Waals surface area contributed by atoms with E-state index in [1.807, 2.05) is 18.2 Å². The van der Waals surface area contributed by atoms with Crippen molar-refractivity contribution in [3.05, 3.63) is 94.0 Å². The Morgan fingerprint density at radius 2 is 1.62 bits per heavy atom. The van der Waals surface area contributed by atoms with Crippen LogP contribution in [0, 0.1) is 0 Å². The van der Waals surface area contributed by atoms with Crippen molar-refractivity contribution in [1.29, 1.82) is 0 Å². The molecule has 0 aliphatic heterocycles. The summed E-state index contributed by atoms with van der Waals surface area (Å²) in [6, 6.07) is 21.8. The number of halogens is 1. The zero-order chi connectivity index (χ0) is 20.6. The highest BCUT2D eigenvalue weighted by molar-refractivity contribution is 9.10. The molecule has 3 aromatic carbocycles. The Morgan fingerprint density at radius 1 is 0.931 bits per heavy atom. The van der Waals surface area contributed by atoms with Crippen molar-refractivity contribution in [2.24, 2.45) is 0 Å². The van der Waals surface area contributed by atoms with Crippen LogP contribution in [0.2, 0.25) is 0 Å². The number of nitrogens with one attached hydrogen (secondary N) is 1. The Hall–Kier alpha value is -3.12. The van der Waals surface area contributed by atoms with E-state index < -0.39 is 5.97 Å². The summed E-state index contributed by atoms with van der Waals surface area (Å²) in [5.74, 6) is 0.00178. The van der Waals surface area contributed by atoms with Gasteiger partial charge in [-0.25, -0.2) is 4.79 Å². The fourth-order valence-electron chi connectivity index (χ4n) is 2.69. The van der Waals surface area contributed by atoms with Crippen LogP contribution in [0.3, 0.4) is 0 Å². The van der Waals surface area contributed by atoms with Gasteiger partial charge >= 0.3 is 5.97 Å². The van der Waals surface area contributed by atoms with Crippen LogP contribution in [0.25, 0.3) is 0 Å². The quantitative estimate of drug-likeness (QED) is 0.504. The second-order valence-electron chi connectivity index (χ2n) is 6.25. The van der Waals surface area contributed by atoms with Crippen LogP contribution in [0.1, 0.15) is 26.3 Å². The zero-order valence-electron chi connectivity index (χ0n) is 15.9. The van der Waals surface area contributed by atoms with Gasteiger partial charge in [0.1, 0.15) is 5.75 Å². The van der Waals surface area contributed by atoms with Crippen molar-refractivity contribution in [2.45, 2.75) is 6.42 Å². The van der Waals surface area contributed by atoms with Crippen LogP contribution in [-0.4, -0.2) is 25.6 Å². The SMILES string of the molecule is COC(=O)c1ccc(NC(=O)c2ccc(OCCc3ccccc3)c(Br)c2)cc1. The first-order valence-corrected chi connectivity index (χ1v) is 9.82. The highest BCUT2D eigenvalue weighted by Crippen LogP contribution is 2.26. The minimum absolute atomic E-state index is 0.257. The number of ether oxygens (including phenoxy) is 2. The third-order valence-corrected chi connectivity index (χ3v) is 4.87. The number of hydrogen-bond donors (Lipinski definition) is 1. The van der Waals surface area contributed by atoms with Gasteiger partial charge in [-0.3, -0.25) is 4.79 Å². The van der Waals surface area contributed by atoms with E-state index in [4.69, 9.17) is 4.74 Å². The van der Waals surface area contributed by atoms with Crippen LogP contribution < -0.4 is 10.1 Å². The molecule has 0 aromatic heterocycles. The molecule has 0 saturated carbocycles. The second kappa shape index (κ2) is 9.89. The second-order valence-corrected chi connectivity index (χ2v) is 7.11. The zero-order valence-corrected chi connectivity index (χ0v) is 17.4. The number of hydrogen-bond acceptors (Lipinski definition) is 4. The molecular formula is C23H20BrNO4. The lowest BCUT2D eigenvalue weighted by Gasteiger charge is -2.10. The number of esters is 1. The third-order valence-electron chi connectivity index (χ3n) is 4.25. The summed E-state index contributed by atoms with van der Waals surface area (Å²) in [5.41, 5.74) is 2.70. The van der Waals surface area contributed by atoms with Gasteiger partial charge in [-0.05, 0) is 64.0 Å². The lowest BCUT2D eigenvalue weighted by Crippen LogP contribution is -2.12. The molecule has 0 unspecified atom stereocenters. The molecule has 0 atom stereocenters. The van der Waals surface area contributed by atoms with Gasteiger partial charge in [0.2, 0.25) is 0 Å². The summed E-state index contributed by atoms with van der Waals surface area (Å²) in [6.45, 7) is 0.542. The van der Waals surface area contributed by atoms with Crippen LogP contribution in [-0.2, 0) is 11.2 Å². The molecular weight excluding hydrogens is 434 g/mol. The highest BCUT2D eigenvalue weighted by Gasteiger charge is 2.11. The van der Waals surface area contributed by atoms with Gasteiger partial charge in [0, 0.05) is 17.7 Å². The Balaban J connectivity index is 1.58. The van der Waals surface area contributed by atoms with Gasteiger partial charge in [0.25, 0.3) is 5.91 Å². The lowest BCUT2D eigenvalue weighted by molar-refractivity contribution is 0.0600. The van der Waals surface area contributed by atoms with Gasteiger partial charge in [-0.1, -0.05) is 30.3 Å². The minimum atomic E-state index is -0.422. The molecule has 0 aliphatic carbocycles. The van der Waals surface area contributed by atoms with Gasteiger partial charge in [0.15, 0.2) is 0 Å². The van der Waals surface area contributed by atoms with Crippen LogP contribution in [0.5, 0.6) is 5.75 Å². The Labute approximate surface area is 177 Å². The summed E-state index contributed by atoms with van der Waals surface area (Å²) in [4.78, 5) is 24.0. The average molecular weight is 454 g/mol. The van der Waals surface area contributed by atoms with E-state index in [1.54, 1.807) is 42.5 Å². The molecule has 0 radical (unpaired) electrons. The normalized spacial score (nSPS) is 10.3. The fourth-order valence-corrected chi connectivity index (χ4v) is 3.19. The summed E-state index contributed by atoms with van der Waals surface area (Å²) < 4.78 is 11.2. The van der Waals surface area contributed by atoms with E-state index in [0.29, 0.717) is 33.6 Å². The van der Waals surface area contributed by atoms with E-state index in [9.17, 15) is 9.59 Å². The first-order chi connectivity index (χ1) is 14.1. The standard InChI is InChI=1S/C23H20BrNO4/c1-28-23(27)17-7-10-19(11-8-17)25-22(26)18-9-12-21(20(24)15-18)29-14-13-16-5-3-2-4-6-16/h2-12,15H,13-14H2,1H3,(H,25,26). The van der Waals surface area contributed by atoms with E-state index in [-0.39, 0.29) is 5.91 Å². The Morgan fingerprint density at radius 3 is 2.28 bits per heavy atom. The molecule has 0 aliphatic rings. The molecule has 0 saturated heterocycles. The first-order valence-electron chi connectivity index (χ1n) is 9.03. The largest absolute Gasteiger partial charge is 0.492 e. The van der Waals surface area contributed by atoms with Crippen molar-refractivity contribution >= 4 is 33.5 Å². The summed E-state index contributed by atoms with van der Waals surface area (Å²) in [7, 11) is 1.32. The molecule has 29 heavy (non-hydrogen) atoms. The summed E-state index contributed by atoms with van der Waals surface area (Å²) >= 11 is 3.46.